The average molecular weight is 733 g/mol. The number of carbonyl (C=O) groups excluding carboxylic acids is 2. The number of aliphatic hydroxyl groups excluding tert-OH is 1. The lowest BCUT2D eigenvalue weighted by Crippen LogP contribution is -2.67. The summed E-state index contributed by atoms with van der Waals surface area (Å²) in [5, 5.41) is 36.3. The highest BCUT2D eigenvalue weighted by molar-refractivity contribution is 5.84. The van der Waals surface area contributed by atoms with E-state index >= 15 is 0 Å². The maximum absolute atomic E-state index is 14.4. The van der Waals surface area contributed by atoms with E-state index in [-0.39, 0.29) is 63.6 Å². The first-order valence-electron chi connectivity index (χ1n) is 20.8. The summed E-state index contributed by atoms with van der Waals surface area (Å²) in [5.41, 5.74) is 2.11. The van der Waals surface area contributed by atoms with Crippen LogP contribution in [0.3, 0.4) is 0 Å². The number of carboxylic acid groups (broad SMARTS) is 1. The Morgan fingerprint density at radius 2 is 1.57 bits per heavy atom. The largest absolute Gasteiger partial charge is 0.508 e. The number of carboxylic acids is 1. The quantitative estimate of drug-likeness (QED) is 0.109. The lowest BCUT2D eigenvalue weighted by atomic mass is 9.32. The Balaban J connectivity index is 1.07. The number of unbranched alkanes of at least 4 members (excludes halogenated alkanes) is 2. The maximum Gasteiger partial charge on any atom is 0.326 e. The second-order valence-electron chi connectivity index (χ2n) is 19.6. The van der Waals surface area contributed by atoms with Crippen LogP contribution in [0.4, 0.5) is 0 Å². The topological polar surface area (TPSA) is 136 Å². The van der Waals surface area contributed by atoms with Crippen molar-refractivity contribution < 1.29 is 29.7 Å². The van der Waals surface area contributed by atoms with Gasteiger partial charge in [-0.1, -0.05) is 65.3 Å². The summed E-state index contributed by atoms with van der Waals surface area (Å²) in [6, 6.07) is 5.29. The van der Waals surface area contributed by atoms with Crippen LogP contribution in [-0.4, -0.2) is 51.8 Å². The molecule has 53 heavy (non-hydrogen) atoms. The number of aliphatic hydroxyl groups is 1. The van der Waals surface area contributed by atoms with E-state index in [0.717, 1.165) is 56.9 Å². The molecule has 5 N–H and O–H groups in total. The van der Waals surface area contributed by atoms with Crippen LogP contribution in [0.1, 0.15) is 137 Å². The van der Waals surface area contributed by atoms with Crippen molar-refractivity contribution in [1.29, 1.82) is 0 Å². The van der Waals surface area contributed by atoms with E-state index in [2.05, 4.69) is 58.8 Å². The number of allylic oxidation sites excluding steroid dienone is 1. The summed E-state index contributed by atoms with van der Waals surface area (Å²) in [4.78, 5) is 38.9. The monoisotopic (exact) mass is 733 g/mol. The predicted molar refractivity (Wildman–Crippen MR) is 208 cm³/mol. The fraction of sp³-hybridized carbons (Fsp3) is 0.756. The molecular formula is C45H68N2O6. The number of fused-ring (bicyclic) bond motifs is 7. The van der Waals surface area contributed by atoms with Crippen molar-refractivity contribution in [3.63, 3.8) is 0 Å². The van der Waals surface area contributed by atoms with Gasteiger partial charge in [0.15, 0.2) is 0 Å². The van der Waals surface area contributed by atoms with Gasteiger partial charge in [0.25, 0.3) is 0 Å². The second kappa shape index (κ2) is 14.7. The van der Waals surface area contributed by atoms with Crippen molar-refractivity contribution in [2.75, 3.05) is 6.54 Å². The van der Waals surface area contributed by atoms with Crippen LogP contribution >= 0.6 is 0 Å². The molecule has 5 aliphatic rings. The van der Waals surface area contributed by atoms with Crippen LogP contribution < -0.4 is 10.6 Å². The first-order chi connectivity index (χ1) is 24.9. The van der Waals surface area contributed by atoms with Crippen molar-refractivity contribution >= 4 is 17.8 Å². The van der Waals surface area contributed by atoms with Crippen LogP contribution in [-0.2, 0) is 20.8 Å². The van der Waals surface area contributed by atoms with Gasteiger partial charge in [-0.05, 0) is 153 Å². The summed E-state index contributed by atoms with van der Waals surface area (Å²) in [5.74, 6) is 1.26. The van der Waals surface area contributed by atoms with Crippen LogP contribution in [0.25, 0.3) is 0 Å². The van der Waals surface area contributed by atoms with E-state index in [1.807, 2.05) is 0 Å². The number of aliphatic carboxylic acids is 1. The molecule has 2 amide bonds. The average Bonchev–Trinajstić information content (AvgIpc) is 3.50. The van der Waals surface area contributed by atoms with Crippen molar-refractivity contribution in [1.82, 2.24) is 10.6 Å². The van der Waals surface area contributed by atoms with Crippen LogP contribution in [0, 0.1) is 56.7 Å². The number of phenols is 1. The number of carbonyl (C=O) groups is 3. The molecule has 0 bridgehead atoms. The molecule has 1 aromatic rings. The van der Waals surface area contributed by atoms with Gasteiger partial charge < -0.3 is 26.0 Å². The Morgan fingerprint density at radius 3 is 2.25 bits per heavy atom. The molecule has 5 fully saturated rings. The summed E-state index contributed by atoms with van der Waals surface area (Å²) >= 11 is 0. The van der Waals surface area contributed by atoms with E-state index in [1.165, 1.54) is 43.4 Å². The molecule has 8 heteroatoms. The fourth-order valence-corrected chi connectivity index (χ4v) is 13.8. The molecular weight excluding hydrogens is 665 g/mol. The third-order valence-electron chi connectivity index (χ3n) is 16.9. The molecule has 0 spiro atoms. The van der Waals surface area contributed by atoms with Gasteiger partial charge in [0.2, 0.25) is 11.8 Å². The summed E-state index contributed by atoms with van der Waals surface area (Å²) in [7, 11) is 0. The minimum absolute atomic E-state index is 0.0618. The SMILES string of the molecule is C=C(C)[C@@H]1CC[C@]2(C(=O)NCCCCCC(=O)NC(Cc3ccc(O)cc3)C(=O)O)CC[C@]3(C)C(CC[C@@H]4[C@@]5(C)CC[C@H](O)C(C)(C)[C@@H]5CC[C@]43C)C12. The first-order valence-corrected chi connectivity index (χ1v) is 20.8. The zero-order valence-corrected chi connectivity index (χ0v) is 33.4. The van der Waals surface area contributed by atoms with E-state index in [0.29, 0.717) is 42.6 Å². The smallest absolute Gasteiger partial charge is 0.326 e. The molecule has 1 aromatic carbocycles. The Morgan fingerprint density at radius 1 is 0.849 bits per heavy atom. The lowest BCUT2D eigenvalue weighted by Gasteiger charge is -2.72. The predicted octanol–water partition coefficient (Wildman–Crippen LogP) is 8.20. The van der Waals surface area contributed by atoms with Gasteiger partial charge in [-0.25, -0.2) is 4.79 Å². The lowest BCUT2D eigenvalue weighted by molar-refractivity contribution is -0.246. The van der Waals surface area contributed by atoms with Gasteiger partial charge in [0.1, 0.15) is 11.8 Å². The Bertz CT molecular complexity index is 1560. The third kappa shape index (κ3) is 6.75. The van der Waals surface area contributed by atoms with Gasteiger partial charge in [-0.3, -0.25) is 9.59 Å². The fourth-order valence-electron chi connectivity index (χ4n) is 13.8. The van der Waals surface area contributed by atoms with Gasteiger partial charge in [-0.15, -0.1) is 0 Å². The number of hydrogen-bond donors (Lipinski definition) is 5. The molecule has 0 radical (unpaired) electrons. The van der Waals surface area contributed by atoms with Crippen LogP contribution in [0.15, 0.2) is 36.4 Å². The zero-order chi connectivity index (χ0) is 38.6. The summed E-state index contributed by atoms with van der Waals surface area (Å²) in [6.45, 7) is 19.7. The molecule has 5 aliphatic carbocycles. The third-order valence-corrected chi connectivity index (χ3v) is 16.9. The Kier molecular flexibility index (Phi) is 11.0. The second-order valence-corrected chi connectivity index (χ2v) is 19.6. The minimum Gasteiger partial charge on any atom is -0.508 e. The molecule has 8 nitrogen and oxygen atoms in total. The van der Waals surface area contributed by atoms with Gasteiger partial charge in [0.05, 0.1) is 11.5 Å². The van der Waals surface area contributed by atoms with Crippen molar-refractivity contribution in [2.45, 2.75) is 150 Å². The van der Waals surface area contributed by atoms with Gasteiger partial charge in [0, 0.05) is 19.4 Å². The number of aromatic hydroxyl groups is 1. The molecule has 11 atom stereocenters. The molecule has 3 unspecified atom stereocenters. The minimum atomic E-state index is -1.09. The maximum atomic E-state index is 14.4. The molecule has 0 saturated heterocycles. The molecule has 0 heterocycles. The summed E-state index contributed by atoms with van der Waals surface area (Å²) in [6.07, 6.45) is 13.1. The zero-order valence-electron chi connectivity index (χ0n) is 33.4. The van der Waals surface area contributed by atoms with Crippen molar-refractivity contribution in [3.8, 4) is 5.75 Å². The van der Waals surface area contributed by atoms with E-state index in [9.17, 15) is 29.7 Å². The highest BCUT2D eigenvalue weighted by atomic mass is 16.4. The van der Waals surface area contributed by atoms with Crippen LogP contribution in [0.2, 0.25) is 0 Å². The highest BCUT2D eigenvalue weighted by Crippen LogP contribution is 2.77. The van der Waals surface area contributed by atoms with Gasteiger partial charge >= 0.3 is 5.97 Å². The number of nitrogens with one attached hydrogen (secondary N) is 2. The normalized spacial score (nSPS) is 39.0. The first kappa shape index (κ1) is 39.8. The van der Waals surface area contributed by atoms with Crippen molar-refractivity contribution in [3.05, 3.63) is 42.0 Å². The number of rotatable bonds is 12. The number of phenolic OH excluding ortho intramolecular Hbond substituents is 1. The molecule has 0 aromatic heterocycles. The van der Waals surface area contributed by atoms with Gasteiger partial charge in [-0.2, -0.15) is 0 Å². The molecule has 294 valence electrons. The number of amides is 2. The molecule has 0 aliphatic heterocycles. The standard InChI is InChI=1S/C45H68N2O6/c1-28(2)31-18-23-45(40(53)46-26-10-8-9-11-37(50)47-33(39(51)52)27-29-12-14-30(48)15-13-29)25-24-43(6)32(38(31)45)16-17-35-42(5)21-20-36(49)41(3,4)34(42)19-22-44(35,43)7/h12-15,31-36,38,48-49H,1,8-11,16-27H2,2-7H3,(H,46,53)(H,47,50)(H,51,52)/t31-,32?,33?,34-,35+,36-,38?,42-,43+,44+,45-/m0/s1. The Hall–Kier alpha value is -2.87. The number of hydrogen-bond acceptors (Lipinski definition) is 5. The van der Waals surface area contributed by atoms with E-state index in [4.69, 9.17) is 0 Å². The number of benzene rings is 1. The molecule has 6 rings (SSSR count). The van der Waals surface area contributed by atoms with E-state index in [1.54, 1.807) is 12.1 Å². The van der Waals surface area contributed by atoms with Crippen LogP contribution in [0.5, 0.6) is 5.75 Å². The van der Waals surface area contributed by atoms with E-state index < -0.39 is 12.0 Å². The highest BCUT2D eigenvalue weighted by Gasteiger charge is 2.71. The van der Waals surface area contributed by atoms with Crippen molar-refractivity contribution in [2.24, 2.45) is 56.7 Å². The Labute approximate surface area is 318 Å². The molecule has 5 saturated carbocycles. The summed E-state index contributed by atoms with van der Waals surface area (Å²) < 4.78 is 0.